The number of nitrogens with zero attached hydrogens (tertiary/aromatic N) is 1. The molecule has 2 unspecified atom stereocenters. The molecule has 1 aliphatic rings. The molecule has 1 amide bonds. The molecule has 2 atom stereocenters. The quantitative estimate of drug-likeness (QED) is 0.658. The third-order valence-electron chi connectivity index (χ3n) is 3.55. The van der Waals surface area contributed by atoms with Gasteiger partial charge >= 0.3 is 0 Å². The summed E-state index contributed by atoms with van der Waals surface area (Å²) in [6.45, 7) is 0.397. The van der Waals surface area contributed by atoms with E-state index in [1.807, 2.05) is 0 Å². The van der Waals surface area contributed by atoms with Crippen LogP contribution in [0.15, 0.2) is 18.2 Å². The van der Waals surface area contributed by atoms with Crippen LogP contribution in [0, 0.1) is 16.0 Å². The Labute approximate surface area is 120 Å². The number of nitro benzene ring substituents is 1. The molecule has 0 spiro atoms. The van der Waals surface area contributed by atoms with E-state index in [0.717, 1.165) is 19.3 Å². The zero-order valence-electron chi connectivity index (χ0n) is 10.7. The normalized spacial score (nSPS) is 21.7. The van der Waals surface area contributed by atoms with Crippen LogP contribution in [0.4, 0.5) is 5.69 Å². The van der Waals surface area contributed by atoms with Crippen molar-refractivity contribution >= 4 is 23.2 Å². The van der Waals surface area contributed by atoms with E-state index in [0.29, 0.717) is 6.54 Å². The van der Waals surface area contributed by atoms with E-state index in [1.54, 1.807) is 0 Å². The van der Waals surface area contributed by atoms with E-state index < -0.39 is 4.92 Å². The van der Waals surface area contributed by atoms with Gasteiger partial charge in [-0.3, -0.25) is 14.9 Å². The van der Waals surface area contributed by atoms with Crippen LogP contribution in [0.5, 0.6) is 0 Å². The summed E-state index contributed by atoms with van der Waals surface area (Å²) in [7, 11) is 0. The lowest BCUT2D eigenvalue weighted by atomic mass is 10.1. The number of carbonyl (C=O) groups is 1. The topological polar surface area (TPSA) is 92.5 Å². The number of hydrogen-bond donors (Lipinski definition) is 2. The molecule has 0 aliphatic heterocycles. The largest absolute Gasteiger partial charge is 0.393 e. The maximum Gasteiger partial charge on any atom is 0.287 e. The standard InChI is InChI=1S/C13H15ClN2O4/c14-10-6-8(4-5-11(10)16(19)20)13(18)15-7-9-2-1-3-12(9)17/h4-6,9,12,17H,1-3,7H2,(H,15,18). The molecule has 108 valence electrons. The minimum Gasteiger partial charge on any atom is -0.393 e. The highest BCUT2D eigenvalue weighted by Gasteiger charge is 2.25. The fourth-order valence-corrected chi connectivity index (χ4v) is 2.63. The second-order valence-electron chi connectivity index (χ2n) is 4.89. The summed E-state index contributed by atoms with van der Waals surface area (Å²) in [6.07, 6.45) is 2.26. The molecule has 1 aliphatic carbocycles. The van der Waals surface area contributed by atoms with E-state index in [9.17, 15) is 20.0 Å². The highest BCUT2D eigenvalue weighted by atomic mass is 35.5. The molecule has 0 heterocycles. The number of nitrogens with one attached hydrogen (secondary N) is 1. The van der Waals surface area contributed by atoms with Gasteiger partial charge in [0, 0.05) is 24.1 Å². The zero-order chi connectivity index (χ0) is 14.7. The number of amides is 1. The third kappa shape index (κ3) is 3.26. The van der Waals surface area contributed by atoms with Crippen molar-refractivity contribution in [1.82, 2.24) is 5.32 Å². The molecule has 1 aromatic rings. The van der Waals surface area contributed by atoms with Crippen molar-refractivity contribution in [2.45, 2.75) is 25.4 Å². The molecule has 2 N–H and O–H groups in total. The third-order valence-corrected chi connectivity index (χ3v) is 3.85. The van der Waals surface area contributed by atoms with E-state index >= 15 is 0 Å². The molecular formula is C13H15ClN2O4. The molecule has 2 rings (SSSR count). The highest BCUT2D eigenvalue weighted by Crippen LogP contribution is 2.26. The Balaban J connectivity index is 1.99. The van der Waals surface area contributed by atoms with Gasteiger partial charge in [-0.05, 0) is 25.0 Å². The fourth-order valence-electron chi connectivity index (χ4n) is 2.38. The molecule has 7 heteroatoms. The second-order valence-corrected chi connectivity index (χ2v) is 5.30. The fraction of sp³-hybridized carbons (Fsp3) is 0.462. The van der Waals surface area contributed by atoms with Crippen molar-refractivity contribution in [3.8, 4) is 0 Å². The first-order valence-corrected chi connectivity index (χ1v) is 6.77. The first-order valence-electron chi connectivity index (χ1n) is 6.39. The zero-order valence-corrected chi connectivity index (χ0v) is 11.5. The molecule has 1 fully saturated rings. The summed E-state index contributed by atoms with van der Waals surface area (Å²) >= 11 is 5.76. The number of benzene rings is 1. The summed E-state index contributed by atoms with van der Waals surface area (Å²) in [4.78, 5) is 22.0. The van der Waals surface area contributed by atoms with Crippen molar-refractivity contribution in [3.63, 3.8) is 0 Å². The maximum absolute atomic E-state index is 11.9. The van der Waals surface area contributed by atoms with E-state index in [-0.39, 0.29) is 34.2 Å². The monoisotopic (exact) mass is 298 g/mol. The average molecular weight is 299 g/mol. The van der Waals surface area contributed by atoms with Gasteiger partial charge in [0.2, 0.25) is 0 Å². The van der Waals surface area contributed by atoms with Crippen LogP contribution in [0.25, 0.3) is 0 Å². The molecule has 1 saturated carbocycles. The van der Waals surface area contributed by atoms with Crippen LogP contribution in [0.2, 0.25) is 5.02 Å². The number of nitro groups is 1. The van der Waals surface area contributed by atoms with Gasteiger partial charge in [0.25, 0.3) is 11.6 Å². The van der Waals surface area contributed by atoms with Crippen LogP contribution in [-0.2, 0) is 0 Å². The first-order chi connectivity index (χ1) is 9.49. The van der Waals surface area contributed by atoms with Crippen molar-refractivity contribution in [3.05, 3.63) is 38.9 Å². The van der Waals surface area contributed by atoms with Crippen LogP contribution in [-0.4, -0.2) is 28.6 Å². The summed E-state index contributed by atoms with van der Waals surface area (Å²) < 4.78 is 0. The molecular weight excluding hydrogens is 284 g/mol. The smallest absolute Gasteiger partial charge is 0.287 e. The van der Waals surface area contributed by atoms with Crippen LogP contribution in [0.1, 0.15) is 29.6 Å². The number of rotatable bonds is 4. The van der Waals surface area contributed by atoms with Gasteiger partial charge in [-0.1, -0.05) is 18.0 Å². The predicted octanol–water partition coefficient (Wildman–Crippen LogP) is 2.14. The molecule has 0 aromatic heterocycles. The summed E-state index contributed by atoms with van der Waals surface area (Å²) in [6, 6.07) is 3.85. The maximum atomic E-state index is 11.9. The van der Waals surface area contributed by atoms with Gasteiger partial charge in [0.05, 0.1) is 11.0 Å². The minimum atomic E-state index is -0.598. The van der Waals surface area contributed by atoms with E-state index in [1.165, 1.54) is 18.2 Å². The van der Waals surface area contributed by atoms with Gasteiger partial charge in [-0.2, -0.15) is 0 Å². The van der Waals surface area contributed by atoms with Crippen molar-refractivity contribution in [2.24, 2.45) is 5.92 Å². The van der Waals surface area contributed by atoms with Gasteiger partial charge in [0.15, 0.2) is 0 Å². The predicted molar refractivity (Wildman–Crippen MR) is 73.8 cm³/mol. The number of aliphatic hydroxyl groups is 1. The number of aliphatic hydroxyl groups excluding tert-OH is 1. The Bertz CT molecular complexity index is 535. The molecule has 0 saturated heterocycles. The SMILES string of the molecule is O=C(NCC1CCCC1O)c1ccc([N+](=O)[O-])c(Cl)c1. The summed E-state index contributed by atoms with van der Waals surface area (Å²) in [5.41, 5.74) is 0.0440. The van der Waals surface area contributed by atoms with E-state index in [2.05, 4.69) is 5.32 Å². The van der Waals surface area contributed by atoms with Crippen LogP contribution >= 0.6 is 11.6 Å². The molecule has 0 radical (unpaired) electrons. The van der Waals surface area contributed by atoms with Gasteiger partial charge in [-0.25, -0.2) is 0 Å². The summed E-state index contributed by atoms with van der Waals surface area (Å²) in [5, 5.41) is 23.0. The Morgan fingerprint density at radius 3 is 2.80 bits per heavy atom. The van der Waals surface area contributed by atoms with Crippen LogP contribution in [0.3, 0.4) is 0 Å². The second kappa shape index (κ2) is 6.19. The van der Waals surface area contributed by atoms with E-state index in [4.69, 9.17) is 11.6 Å². The van der Waals surface area contributed by atoms with Gasteiger partial charge in [0.1, 0.15) is 5.02 Å². The Kier molecular flexibility index (Phi) is 4.57. The molecule has 1 aromatic carbocycles. The lowest BCUT2D eigenvalue weighted by molar-refractivity contribution is -0.384. The lowest BCUT2D eigenvalue weighted by Gasteiger charge is -2.15. The Morgan fingerprint density at radius 2 is 2.25 bits per heavy atom. The van der Waals surface area contributed by atoms with Gasteiger partial charge in [-0.15, -0.1) is 0 Å². The average Bonchev–Trinajstić information content (AvgIpc) is 2.81. The van der Waals surface area contributed by atoms with Gasteiger partial charge < -0.3 is 10.4 Å². The van der Waals surface area contributed by atoms with Crippen molar-refractivity contribution in [2.75, 3.05) is 6.54 Å². The number of halogens is 1. The minimum absolute atomic E-state index is 0.0662. The van der Waals surface area contributed by atoms with Crippen LogP contribution < -0.4 is 5.32 Å². The Hall–Kier alpha value is -1.66. The Morgan fingerprint density at radius 1 is 1.50 bits per heavy atom. The van der Waals surface area contributed by atoms with Crippen molar-refractivity contribution in [1.29, 1.82) is 0 Å². The molecule has 6 nitrogen and oxygen atoms in total. The summed E-state index contributed by atoms with van der Waals surface area (Å²) in [5.74, 6) is -0.270. The molecule has 0 bridgehead atoms. The number of carbonyl (C=O) groups excluding carboxylic acids is 1. The molecule has 20 heavy (non-hydrogen) atoms. The van der Waals surface area contributed by atoms with Crippen molar-refractivity contribution < 1.29 is 14.8 Å². The lowest BCUT2D eigenvalue weighted by Crippen LogP contribution is -2.32. The highest BCUT2D eigenvalue weighted by molar-refractivity contribution is 6.33. The number of hydrogen-bond acceptors (Lipinski definition) is 4. The first kappa shape index (κ1) is 14.7.